The number of amides is 2. The van der Waals surface area contributed by atoms with Crippen LogP contribution in [0.4, 0.5) is 4.79 Å². The Morgan fingerprint density at radius 1 is 1.31 bits per heavy atom. The van der Waals surface area contributed by atoms with Crippen molar-refractivity contribution in [3.05, 3.63) is 23.5 Å². The number of rotatable bonds is 5. The number of aryl methyl sites for hydroxylation is 1. The highest BCUT2D eigenvalue weighted by Crippen LogP contribution is 2.34. The van der Waals surface area contributed by atoms with Crippen molar-refractivity contribution in [2.24, 2.45) is 5.92 Å². The van der Waals surface area contributed by atoms with E-state index in [0.29, 0.717) is 17.8 Å². The summed E-state index contributed by atoms with van der Waals surface area (Å²) in [4.78, 5) is 30.4. The zero-order chi connectivity index (χ0) is 23.7. The number of nitrogens with zero attached hydrogens (tertiary/aromatic N) is 3. The van der Waals surface area contributed by atoms with Crippen LogP contribution in [-0.4, -0.2) is 44.4 Å². The molecule has 1 saturated carbocycles. The highest BCUT2D eigenvalue weighted by Gasteiger charge is 2.40. The summed E-state index contributed by atoms with van der Waals surface area (Å²) in [7, 11) is 0. The first-order valence-corrected chi connectivity index (χ1v) is 11.6. The molecule has 1 aliphatic rings. The van der Waals surface area contributed by atoms with Gasteiger partial charge in [-0.05, 0) is 66.4 Å². The van der Waals surface area contributed by atoms with Gasteiger partial charge in [-0.1, -0.05) is 19.8 Å². The van der Waals surface area contributed by atoms with Gasteiger partial charge in [0.15, 0.2) is 5.65 Å². The lowest BCUT2D eigenvalue weighted by Crippen LogP contribution is -2.61. The van der Waals surface area contributed by atoms with E-state index in [9.17, 15) is 9.59 Å². The second-order valence-electron chi connectivity index (χ2n) is 10.3. The number of pyridine rings is 1. The standard InChI is InChI=1S/C24H37N5O3/c1-15(2)29-20-18(13-26-29)12-19(17(4)27-20)21(30)28-24(11-9-8-10-16(24)3)14-25-22(31)32-23(5,6)7/h12-13,15-16H,8-11,14H2,1-7H3,(H,25,31)(H,28,30)/t16-,24-/m1/s1. The van der Waals surface area contributed by atoms with Gasteiger partial charge in [-0.15, -0.1) is 0 Å². The summed E-state index contributed by atoms with van der Waals surface area (Å²) in [5.41, 5.74) is 0.875. The van der Waals surface area contributed by atoms with E-state index >= 15 is 0 Å². The van der Waals surface area contributed by atoms with Gasteiger partial charge in [0.25, 0.3) is 5.91 Å². The Balaban J connectivity index is 1.84. The zero-order valence-electron chi connectivity index (χ0n) is 20.4. The Bertz CT molecular complexity index is 991. The van der Waals surface area contributed by atoms with Crippen LogP contribution in [0, 0.1) is 12.8 Å². The third-order valence-corrected chi connectivity index (χ3v) is 6.26. The molecular formula is C24H37N5O3. The van der Waals surface area contributed by atoms with Gasteiger partial charge >= 0.3 is 6.09 Å². The molecule has 32 heavy (non-hydrogen) atoms. The van der Waals surface area contributed by atoms with E-state index in [1.165, 1.54) is 0 Å². The Labute approximate surface area is 190 Å². The van der Waals surface area contributed by atoms with Gasteiger partial charge in [-0.25, -0.2) is 14.5 Å². The lowest BCUT2D eigenvalue weighted by molar-refractivity contribution is 0.0469. The first kappa shape index (κ1) is 24.0. The summed E-state index contributed by atoms with van der Waals surface area (Å²) in [6.45, 7) is 13.9. The van der Waals surface area contributed by atoms with Crippen molar-refractivity contribution < 1.29 is 14.3 Å². The Morgan fingerprint density at radius 2 is 2.03 bits per heavy atom. The predicted octanol–water partition coefficient (Wildman–Crippen LogP) is 4.52. The number of carbonyl (C=O) groups is 2. The quantitative estimate of drug-likeness (QED) is 0.708. The minimum Gasteiger partial charge on any atom is -0.444 e. The van der Waals surface area contributed by atoms with E-state index in [1.54, 1.807) is 6.20 Å². The summed E-state index contributed by atoms with van der Waals surface area (Å²) in [6.07, 6.45) is 5.19. The van der Waals surface area contributed by atoms with Crippen molar-refractivity contribution in [1.82, 2.24) is 25.4 Å². The van der Waals surface area contributed by atoms with Gasteiger partial charge in [0.2, 0.25) is 0 Å². The van der Waals surface area contributed by atoms with Crippen LogP contribution in [-0.2, 0) is 4.74 Å². The summed E-state index contributed by atoms with van der Waals surface area (Å²) in [6, 6.07) is 2.05. The van der Waals surface area contributed by atoms with Crippen LogP contribution in [0.2, 0.25) is 0 Å². The van der Waals surface area contributed by atoms with Gasteiger partial charge < -0.3 is 15.4 Å². The fourth-order valence-corrected chi connectivity index (χ4v) is 4.42. The smallest absolute Gasteiger partial charge is 0.407 e. The molecule has 0 spiro atoms. The maximum Gasteiger partial charge on any atom is 0.407 e. The number of alkyl carbamates (subject to hydrolysis) is 1. The molecule has 2 amide bonds. The molecule has 2 aromatic heterocycles. The highest BCUT2D eigenvalue weighted by atomic mass is 16.6. The molecule has 3 rings (SSSR count). The maximum atomic E-state index is 13.4. The zero-order valence-corrected chi connectivity index (χ0v) is 20.4. The molecule has 0 bridgehead atoms. The Kier molecular flexibility index (Phi) is 6.81. The molecule has 2 aromatic rings. The summed E-state index contributed by atoms with van der Waals surface area (Å²) >= 11 is 0. The summed E-state index contributed by atoms with van der Waals surface area (Å²) in [5, 5.41) is 11.4. The monoisotopic (exact) mass is 443 g/mol. The molecule has 8 nitrogen and oxygen atoms in total. The van der Waals surface area contributed by atoms with Gasteiger partial charge in [0.05, 0.1) is 23.0 Å². The molecular weight excluding hydrogens is 406 g/mol. The third kappa shape index (κ3) is 5.22. The van der Waals surface area contributed by atoms with Crippen molar-refractivity contribution >= 4 is 23.0 Å². The largest absolute Gasteiger partial charge is 0.444 e. The van der Waals surface area contributed by atoms with Crippen LogP contribution in [0.15, 0.2) is 12.3 Å². The Morgan fingerprint density at radius 3 is 2.66 bits per heavy atom. The predicted molar refractivity (Wildman–Crippen MR) is 125 cm³/mol. The number of ether oxygens (including phenoxy) is 1. The van der Waals surface area contributed by atoms with E-state index in [0.717, 1.165) is 36.7 Å². The number of carbonyl (C=O) groups excluding carboxylic acids is 2. The number of hydrogen-bond acceptors (Lipinski definition) is 5. The van der Waals surface area contributed by atoms with Crippen molar-refractivity contribution in [1.29, 1.82) is 0 Å². The molecule has 176 valence electrons. The lowest BCUT2D eigenvalue weighted by atomic mass is 9.73. The van der Waals surface area contributed by atoms with E-state index < -0.39 is 17.2 Å². The van der Waals surface area contributed by atoms with Gasteiger partial charge in [0.1, 0.15) is 5.60 Å². The van der Waals surface area contributed by atoms with Crippen LogP contribution in [0.1, 0.15) is 89.3 Å². The molecule has 0 unspecified atom stereocenters. The molecule has 1 aliphatic carbocycles. The molecule has 2 N–H and O–H groups in total. The molecule has 1 fully saturated rings. The van der Waals surface area contributed by atoms with Crippen molar-refractivity contribution in [2.45, 2.75) is 91.3 Å². The van der Waals surface area contributed by atoms with Gasteiger partial charge in [-0.2, -0.15) is 5.10 Å². The molecule has 0 radical (unpaired) electrons. The van der Waals surface area contributed by atoms with Crippen molar-refractivity contribution in [3.63, 3.8) is 0 Å². The maximum absolute atomic E-state index is 13.4. The van der Waals surface area contributed by atoms with Crippen LogP contribution in [0.3, 0.4) is 0 Å². The number of aromatic nitrogens is 3. The third-order valence-electron chi connectivity index (χ3n) is 6.26. The first-order valence-electron chi connectivity index (χ1n) is 11.6. The van der Waals surface area contributed by atoms with E-state index in [4.69, 9.17) is 4.74 Å². The average molecular weight is 444 g/mol. The Hall–Kier alpha value is -2.64. The van der Waals surface area contributed by atoms with Gasteiger partial charge in [0, 0.05) is 18.0 Å². The van der Waals surface area contributed by atoms with Crippen molar-refractivity contribution in [3.8, 4) is 0 Å². The molecule has 8 heteroatoms. The van der Waals surface area contributed by atoms with Crippen LogP contribution in [0.25, 0.3) is 11.0 Å². The fourth-order valence-electron chi connectivity index (χ4n) is 4.42. The molecule has 0 aromatic carbocycles. The van der Waals surface area contributed by atoms with Crippen LogP contribution < -0.4 is 10.6 Å². The molecule has 0 aliphatic heterocycles. The number of nitrogens with one attached hydrogen (secondary N) is 2. The fraction of sp³-hybridized carbons (Fsp3) is 0.667. The number of hydrogen-bond donors (Lipinski definition) is 2. The normalized spacial score (nSPS) is 21.6. The molecule has 2 atom stereocenters. The minimum atomic E-state index is -0.572. The minimum absolute atomic E-state index is 0.172. The van der Waals surface area contributed by atoms with E-state index in [1.807, 2.05) is 38.4 Å². The van der Waals surface area contributed by atoms with Crippen molar-refractivity contribution in [2.75, 3.05) is 6.54 Å². The SMILES string of the molecule is Cc1nc2c(cnn2C(C)C)cc1C(=O)N[C@@]1(CNC(=O)OC(C)(C)C)CCCC[C@H]1C. The molecule has 0 saturated heterocycles. The molecule has 2 heterocycles. The van der Waals surface area contributed by atoms with Gasteiger partial charge in [-0.3, -0.25) is 4.79 Å². The second kappa shape index (κ2) is 9.08. The summed E-state index contributed by atoms with van der Waals surface area (Å²) < 4.78 is 7.27. The topological polar surface area (TPSA) is 98.1 Å². The average Bonchev–Trinajstić information content (AvgIpc) is 3.09. The second-order valence-corrected chi connectivity index (χ2v) is 10.3. The summed E-state index contributed by atoms with van der Waals surface area (Å²) in [5.74, 6) is 0.0461. The first-order chi connectivity index (χ1) is 14.9. The van der Waals surface area contributed by atoms with E-state index in [-0.39, 0.29) is 17.9 Å². The van der Waals surface area contributed by atoms with Crippen LogP contribution >= 0.6 is 0 Å². The number of fused-ring (bicyclic) bond motifs is 1. The van der Waals surface area contributed by atoms with Crippen LogP contribution in [0.5, 0.6) is 0 Å². The van der Waals surface area contributed by atoms with E-state index in [2.05, 4.69) is 41.5 Å². The lowest BCUT2D eigenvalue weighted by Gasteiger charge is -2.43. The highest BCUT2D eigenvalue weighted by molar-refractivity contribution is 5.98.